The molecular formula is C17H25FN2O3S. The number of carbonyl (C=O) groups excluding carboxylic acids is 1. The van der Waals surface area contributed by atoms with Gasteiger partial charge in [-0.1, -0.05) is 12.1 Å². The molecule has 1 amide bonds. The van der Waals surface area contributed by atoms with Crippen LogP contribution in [0.15, 0.2) is 24.3 Å². The number of nitrogens with one attached hydrogen (secondary N) is 1. The van der Waals surface area contributed by atoms with E-state index >= 15 is 0 Å². The van der Waals surface area contributed by atoms with Crippen molar-refractivity contribution in [3.05, 3.63) is 35.6 Å². The van der Waals surface area contributed by atoms with Crippen LogP contribution in [0, 0.1) is 5.82 Å². The molecule has 24 heavy (non-hydrogen) atoms. The average Bonchev–Trinajstić information content (AvgIpc) is 2.89. The highest BCUT2D eigenvalue weighted by Crippen LogP contribution is 2.18. The number of halogens is 1. The van der Waals surface area contributed by atoms with Crippen LogP contribution in [0.3, 0.4) is 0 Å². The molecule has 1 aromatic rings. The van der Waals surface area contributed by atoms with Gasteiger partial charge in [-0.05, 0) is 44.0 Å². The van der Waals surface area contributed by atoms with Gasteiger partial charge in [-0.3, -0.25) is 4.79 Å². The summed E-state index contributed by atoms with van der Waals surface area (Å²) in [6, 6.07) is 6.20. The van der Waals surface area contributed by atoms with Crippen LogP contribution in [0.5, 0.6) is 0 Å². The lowest BCUT2D eigenvalue weighted by molar-refractivity contribution is -0.132. The van der Waals surface area contributed by atoms with Gasteiger partial charge in [0.2, 0.25) is 5.91 Å². The molecule has 1 heterocycles. The first-order valence-corrected chi connectivity index (χ1v) is 10.2. The van der Waals surface area contributed by atoms with E-state index in [0.29, 0.717) is 32.5 Å². The monoisotopic (exact) mass is 356 g/mol. The second-order valence-electron chi connectivity index (χ2n) is 6.11. The van der Waals surface area contributed by atoms with Crippen molar-refractivity contribution < 1.29 is 17.6 Å². The van der Waals surface area contributed by atoms with Crippen LogP contribution in [0.25, 0.3) is 0 Å². The van der Waals surface area contributed by atoms with Crippen LogP contribution >= 0.6 is 0 Å². The summed E-state index contributed by atoms with van der Waals surface area (Å²) >= 11 is 0. The van der Waals surface area contributed by atoms with Crippen LogP contribution in [-0.2, 0) is 21.1 Å². The predicted molar refractivity (Wildman–Crippen MR) is 92.0 cm³/mol. The molecule has 1 N–H and O–H groups in total. The standard InChI is InChI=1S/C17H25FN2O3S/c1-2-20(16-9-12-24(22,23)13-16)17(21)8-11-19-10-7-14-3-5-15(18)6-4-14/h3-6,16,19H,2,7-13H2,1H3. The minimum atomic E-state index is -2.98. The van der Waals surface area contributed by atoms with Gasteiger partial charge in [-0.15, -0.1) is 0 Å². The van der Waals surface area contributed by atoms with Crippen LogP contribution in [0.2, 0.25) is 0 Å². The van der Waals surface area contributed by atoms with E-state index in [4.69, 9.17) is 0 Å². The summed E-state index contributed by atoms with van der Waals surface area (Å²) in [4.78, 5) is 14.0. The number of nitrogens with zero attached hydrogens (tertiary/aromatic N) is 1. The first kappa shape index (κ1) is 18.9. The SMILES string of the molecule is CCN(C(=O)CCNCCc1ccc(F)cc1)C1CCS(=O)(=O)C1. The fourth-order valence-corrected chi connectivity index (χ4v) is 4.74. The molecule has 134 valence electrons. The Morgan fingerprint density at radius 3 is 2.58 bits per heavy atom. The zero-order valence-electron chi connectivity index (χ0n) is 14.0. The van der Waals surface area contributed by atoms with Crippen molar-refractivity contribution >= 4 is 15.7 Å². The van der Waals surface area contributed by atoms with Crippen molar-refractivity contribution in [2.75, 3.05) is 31.1 Å². The summed E-state index contributed by atoms with van der Waals surface area (Å²) in [7, 11) is -2.98. The minimum absolute atomic E-state index is 0.00566. The summed E-state index contributed by atoms with van der Waals surface area (Å²) in [5.41, 5.74) is 1.04. The van der Waals surface area contributed by atoms with Crippen LogP contribution in [0.4, 0.5) is 4.39 Å². The van der Waals surface area contributed by atoms with E-state index in [-0.39, 0.29) is 29.3 Å². The summed E-state index contributed by atoms with van der Waals surface area (Å²) < 4.78 is 35.9. The van der Waals surface area contributed by atoms with Crippen molar-refractivity contribution in [2.45, 2.75) is 32.2 Å². The molecule has 0 saturated carbocycles. The third kappa shape index (κ3) is 5.56. The molecule has 1 saturated heterocycles. The average molecular weight is 356 g/mol. The first-order valence-electron chi connectivity index (χ1n) is 8.36. The highest BCUT2D eigenvalue weighted by molar-refractivity contribution is 7.91. The van der Waals surface area contributed by atoms with Gasteiger partial charge >= 0.3 is 0 Å². The summed E-state index contributed by atoms with van der Waals surface area (Å²) in [6.07, 6.45) is 1.67. The van der Waals surface area contributed by atoms with Crippen LogP contribution < -0.4 is 5.32 Å². The number of hydrogen-bond donors (Lipinski definition) is 1. The van der Waals surface area contributed by atoms with Crippen molar-refractivity contribution in [1.82, 2.24) is 10.2 Å². The van der Waals surface area contributed by atoms with Crippen molar-refractivity contribution in [3.8, 4) is 0 Å². The van der Waals surface area contributed by atoms with Gasteiger partial charge in [0.15, 0.2) is 9.84 Å². The van der Waals surface area contributed by atoms with Gasteiger partial charge < -0.3 is 10.2 Å². The molecule has 0 radical (unpaired) electrons. The van der Waals surface area contributed by atoms with E-state index in [9.17, 15) is 17.6 Å². The molecule has 1 aliphatic heterocycles. The number of carbonyl (C=O) groups is 1. The molecule has 1 aromatic carbocycles. The lowest BCUT2D eigenvalue weighted by Gasteiger charge is -2.27. The fourth-order valence-electron chi connectivity index (χ4n) is 3.01. The Morgan fingerprint density at radius 1 is 1.29 bits per heavy atom. The second-order valence-corrected chi connectivity index (χ2v) is 8.34. The van der Waals surface area contributed by atoms with E-state index in [0.717, 1.165) is 12.0 Å². The van der Waals surface area contributed by atoms with Crippen molar-refractivity contribution in [3.63, 3.8) is 0 Å². The van der Waals surface area contributed by atoms with Gasteiger partial charge in [0.05, 0.1) is 11.5 Å². The van der Waals surface area contributed by atoms with E-state index < -0.39 is 9.84 Å². The maximum absolute atomic E-state index is 12.8. The highest BCUT2D eigenvalue weighted by atomic mass is 32.2. The first-order chi connectivity index (χ1) is 11.4. The third-order valence-electron chi connectivity index (χ3n) is 4.33. The molecule has 5 nitrogen and oxygen atoms in total. The lowest BCUT2D eigenvalue weighted by Crippen LogP contribution is -2.42. The van der Waals surface area contributed by atoms with Gasteiger partial charge in [-0.2, -0.15) is 0 Å². The number of rotatable bonds is 8. The Morgan fingerprint density at radius 2 is 2.00 bits per heavy atom. The Kier molecular flexibility index (Phi) is 6.74. The molecule has 1 aliphatic rings. The molecule has 1 atom stereocenters. The van der Waals surface area contributed by atoms with Crippen LogP contribution in [-0.4, -0.2) is 56.4 Å². The van der Waals surface area contributed by atoms with Gasteiger partial charge in [0, 0.05) is 25.6 Å². The maximum atomic E-state index is 12.8. The Hall–Kier alpha value is -1.47. The Bertz CT molecular complexity index is 646. The van der Waals surface area contributed by atoms with E-state index in [2.05, 4.69) is 5.32 Å². The van der Waals surface area contributed by atoms with E-state index in [1.807, 2.05) is 6.92 Å². The van der Waals surface area contributed by atoms with Gasteiger partial charge in [-0.25, -0.2) is 12.8 Å². The molecule has 1 unspecified atom stereocenters. The van der Waals surface area contributed by atoms with E-state index in [1.165, 1.54) is 12.1 Å². The van der Waals surface area contributed by atoms with Crippen molar-refractivity contribution in [2.24, 2.45) is 0 Å². The predicted octanol–water partition coefficient (Wildman–Crippen LogP) is 1.38. The molecule has 0 aromatic heterocycles. The highest BCUT2D eigenvalue weighted by Gasteiger charge is 2.33. The molecule has 0 bridgehead atoms. The number of sulfone groups is 1. The molecule has 7 heteroatoms. The van der Waals surface area contributed by atoms with Crippen LogP contribution in [0.1, 0.15) is 25.3 Å². The largest absolute Gasteiger partial charge is 0.339 e. The number of benzene rings is 1. The summed E-state index contributed by atoms with van der Waals surface area (Å²) in [5, 5.41) is 3.21. The second kappa shape index (κ2) is 8.58. The molecule has 0 aliphatic carbocycles. The maximum Gasteiger partial charge on any atom is 0.224 e. The van der Waals surface area contributed by atoms with Gasteiger partial charge in [0.25, 0.3) is 0 Å². The Labute approximate surface area is 143 Å². The topological polar surface area (TPSA) is 66.5 Å². The lowest BCUT2D eigenvalue weighted by atomic mass is 10.1. The van der Waals surface area contributed by atoms with Crippen molar-refractivity contribution in [1.29, 1.82) is 0 Å². The molecule has 1 fully saturated rings. The zero-order chi connectivity index (χ0) is 17.6. The minimum Gasteiger partial charge on any atom is -0.339 e. The molecular weight excluding hydrogens is 331 g/mol. The number of amides is 1. The summed E-state index contributed by atoms with van der Waals surface area (Å²) in [6.45, 7) is 3.68. The smallest absolute Gasteiger partial charge is 0.224 e. The fraction of sp³-hybridized carbons (Fsp3) is 0.588. The quantitative estimate of drug-likeness (QED) is 0.715. The third-order valence-corrected chi connectivity index (χ3v) is 6.08. The molecule has 2 rings (SSSR count). The summed E-state index contributed by atoms with van der Waals surface area (Å²) in [5.74, 6) is 0.0156. The molecule has 0 spiro atoms. The number of hydrogen-bond acceptors (Lipinski definition) is 4. The Balaban J connectivity index is 1.69. The van der Waals surface area contributed by atoms with Gasteiger partial charge in [0.1, 0.15) is 5.82 Å². The van der Waals surface area contributed by atoms with E-state index in [1.54, 1.807) is 17.0 Å². The zero-order valence-corrected chi connectivity index (χ0v) is 14.8. The normalized spacial score (nSPS) is 19.3.